The predicted octanol–water partition coefficient (Wildman–Crippen LogP) is 2.87. The molecule has 0 saturated heterocycles. The van der Waals surface area contributed by atoms with Crippen LogP contribution in [0.15, 0.2) is 24.3 Å². The lowest BCUT2D eigenvalue weighted by Gasteiger charge is -2.28. The number of carbonyl (C=O) groups excluding carboxylic acids is 1. The highest BCUT2D eigenvalue weighted by molar-refractivity contribution is 6.30. The second-order valence-electron chi connectivity index (χ2n) is 5.30. The van der Waals surface area contributed by atoms with E-state index in [0.29, 0.717) is 30.3 Å². The molecule has 1 aliphatic rings. The molecule has 116 valence electrons. The molecule has 1 N–H and O–H groups in total. The van der Waals surface area contributed by atoms with E-state index in [2.05, 4.69) is 0 Å². The van der Waals surface area contributed by atoms with Gasteiger partial charge in [0.15, 0.2) is 0 Å². The zero-order chi connectivity index (χ0) is 15.1. The highest BCUT2D eigenvalue weighted by atomic mass is 35.5. The summed E-state index contributed by atoms with van der Waals surface area (Å²) < 4.78 is 5.55. The summed E-state index contributed by atoms with van der Waals surface area (Å²) in [4.78, 5) is 14.1. The van der Waals surface area contributed by atoms with E-state index in [4.69, 9.17) is 21.4 Å². The normalized spacial score (nSPS) is 15.1. The average Bonchev–Trinajstić information content (AvgIpc) is 2.98. The van der Waals surface area contributed by atoms with Crippen molar-refractivity contribution in [3.8, 4) is 5.75 Å². The summed E-state index contributed by atoms with van der Waals surface area (Å²) in [6.45, 7) is 0.756. The van der Waals surface area contributed by atoms with Gasteiger partial charge >= 0.3 is 0 Å². The molecule has 2 rings (SSSR count). The number of aliphatic hydroxyl groups excluding tert-OH is 1. The van der Waals surface area contributed by atoms with Gasteiger partial charge < -0.3 is 14.7 Å². The molecule has 4 nitrogen and oxygen atoms in total. The Labute approximate surface area is 130 Å². The van der Waals surface area contributed by atoms with Gasteiger partial charge in [-0.25, -0.2) is 0 Å². The van der Waals surface area contributed by atoms with Gasteiger partial charge in [-0.15, -0.1) is 0 Å². The van der Waals surface area contributed by atoms with E-state index in [-0.39, 0.29) is 18.6 Å². The Kier molecular flexibility index (Phi) is 6.33. The minimum atomic E-state index is 0.0113. The molecule has 0 atom stereocenters. The Balaban J connectivity index is 1.81. The standard InChI is InChI=1S/C16H22ClNO3/c17-13-4-3-7-15(12-13)21-11-8-16(20)18(9-10-19)14-5-1-2-6-14/h3-4,7,12,14,19H,1-2,5-6,8-11H2. The predicted molar refractivity (Wildman–Crippen MR) is 82.6 cm³/mol. The number of benzene rings is 1. The van der Waals surface area contributed by atoms with Crippen molar-refractivity contribution in [2.45, 2.75) is 38.1 Å². The summed E-state index contributed by atoms with van der Waals surface area (Å²) in [6, 6.07) is 7.43. The van der Waals surface area contributed by atoms with E-state index in [1.165, 1.54) is 12.8 Å². The first-order valence-corrected chi connectivity index (χ1v) is 7.87. The molecule has 0 radical (unpaired) electrons. The zero-order valence-corrected chi connectivity index (χ0v) is 12.9. The van der Waals surface area contributed by atoms with Gasteiger partial charge in [0, 0.05) is 17.6 Å². The van der Waals surface area contributed by atoms with Crippen molar-refractivity contribution in [2.75, 3.05) is 19.8 Å². The number of hydrogen-bond donors (Lipinski definition) is 1. The molecular weight excluding hydrogens is 290 g/mol. The van der Waals surface area contributed by atoms with E-state index in [0.717, 1.165) is 12.8 Å². The number of nitrogens with zero attached hydrogens (tertiary/aromatic N) is 1. The smallest absolute Gasteiger partial charge is 0.226 e. The molecule has 0 spiro atoms. The minimum absolute atomic E-state index is 0.0113. The van der Waals surface area contributed by atoms with Crippen molar-refractivity contribution in [3.05, 3.63) is 29.3 Å². The summed E-state index contributed by atoms with van der Waals surface area (Å²) >= 11 is 5.88. The van der Waals surface area contributed by atoms with E-state index >= 15 is 0 Å². The van der Waals surface area contributed by atoms with Gasteiger partial charge in [-0.1, -0.05) is 30.5 Å². The molecule has 0 unspecified atom stereocenters. The van der Waals surface area contributed by atoms with Gasteiger partial charge in [0.05, 0.1) is 19.6 Å². The third-order valence-electron chi connectivity index (χ3n) is 3.81. The van der Waals surface area contributed by atoms with Gasteiger partial charge in [-0.2, -0.15) is 0 Å². The maximum absolute atomic E-state index is 12.3. The van der Waals surface area contributed by atoms with Crippen LogP contribution in [0.2, 0.25) is 5.02 Å². The summed E-state index contributed by atoms with van der Waals surface area (Å²) in [5, 5.41) is 9.76. The molecule has 1 saturated carbocycles. The van der Waals surface area contributed by atoms with Crippen LogP contribution in [0.1, 0.15) is 32.1 Å². The van der Waals surface area contributed by atoms with Gasteiger partial charge in [0.1, 0.15) is 5.75 Å². The van der Waals surface area contributed by atoms with Crippen LogP contribution >= 0.6 is 11.6 Å². The molecule has 0 aliphatic heterocycles. The number of hydrogen-bond acceptors (Lipinski definition) is 3. The monoisotopic (exact) mass is 311 g/mol. The Bertz CT molecular complexity index is 461. The molecule has 1 fully saturated rings. The molecule has 1 aromatic carbocycles. The van der Waals surface area contributed by atoms with Gasteiger partial charge in [-0.05, 0) is 31.0 Å². The van der Waals surface area contributed by atoms with E-state index in [1.807, 2.05) is 17.0 Å². The maximum Gasteiger partial charge on any atom is 0.226 e. The molecule has 0 aromatic heterocycles. The molecule has 21 heavy (non-hydrogen) atoms. The highest BCUT2D eigenvalue weighted by Gasteiger charge is 2.25. The fourth-order valence-electron chi connectivity index (χ4n) is 2.79. The number of ether oxygens (including phenoxy) is 1. The second-order valence-corrected chi connectivity index (χ2v) is 5.74. The van der Waals surface area contributed by atoms with Crippen LogP contribution in [0.4, 0.5) is 0 Å². The van der Waals surface area contributed by atoms with Crippen molar-refractivity contribution in [1.29, 1.82) is 0 Å². The van der Waals surface area contributed by atoms with Gasteiger partial charge in [-0.3, -0.25) is 4.79 Å². The fraction of sp³-hybridized carbons (Fsp3) is 0.562. The van der Waals surface area contributed by atoms with Crippen LogP contribution in [0.25, 0.3) is 0 Å². The Hall–Kier alpha value is -1.26. The van der Waals surface area contributed by atoms with Crippen molar-refractivity contribution in [1.82, 2.24) is 4.90 Å². The van der Waals surface area contributed by atoms with Gasteiger partial charge in [0.25, 0.3) is 0 Å². The Morgan fingerprint density at radius 1 is 1.38 bits per heavy atom. The van der Waals surface area contributed by atoms with E-state index in [9.17, 15) is 4.79 Å². The van der Waals surface area contributed by atoms with Crippen LogP contribution in [0, 0.1) is 0 Å². The molecular formula is C16H22ClNO3. The molecule has 0 bridgehead atoms. The summed E-state index contributed by atoms with van der Waals surface area (Å²) in [5.41, 5.74) is 0. The van der Waals surface area contributed by atoms with Crippen LogP contribution in [-0.2, 0) is 4.79 Å². The van der Waals surface area contributed by atoms with E-state index < -0.39 is 0 Å². The summed E-state index contributed by atoms with van der Waals surface area (Å²) in [6.07, 6.45) is 4.74. The summed E-state index contributed by atoms with van der Waals surface area (Å²) in [7, 11) is 0. The second kappa shape index (κ2) is 8.25. The number of rotatable bonds is 7. The molecule has 1 aliphatic carbocycles. The minimum Gasteiger partial charge on any atom is -0.493 e. The fourth-order valence-corrected chi connectivity index (χ4v) is 2.97. The lowest BCUT2D eigenvalue weighted by Crippen LogP contribution is -2.41. The molecule has 5 heteroatoms. The van der Waals surface area contributed by atoms with Crippen molar-refractivity contribution in [2.24, 2.45) is 0 Å². The molecule has 0 heterocycles. The average molecular weight is 312 g/mol. The van der Waals surface area contributed by atoms with Crippen molar-refractivity contribution >= 4 is 17.5 Å². The van der Waals surface area contributed by atoms with Crippen LogP contribution in [-0.4, -0.2) is 41.7 Å². The first-order chi connectivity index (χ1) is 10.2. The maximum atomic E-state index is 12.3. The third-order valence-corrected chi connectivity index (χ3v) is 4.04. The van der Waals surface area contributed by atoms with Crippen LogP contribution in [0.3, 0.4) is 0 Å². The molecule has 1 aromatic rings. The van der Waals surface area contributed by atoms with Crippen molar-refractivity contribution < 1.29 is 14.6 Å². The zero-order valence-electron chi connectivity index (χ0n) is 12.1. The molecule has 1 amide bonds. The van der Waals surface area contributed by atoms with Crippen LogP contribution < -0.4 is 4.74 Å². The van der Waals surface area contributed by atoms with Crippen molar-refractivity contribution in [3.63, 3.8) is 0 Å². The lowest BCUT2D eigenvalue weighted by atomic mass is 10.2. The van der Waals surface area contributed by atoms with E-state index in [1.54, 1.807) is 12.1 Å². The Morgan fingerprint density at radius 3 is 2.81 bits per heavy atom. The number of aliphatic hydroxyl groups is 1. The SMILES string of the molecule is O=C(CCOc1cccc(Cl)c1)N(CCO)C1CCCC1. The number of carbonyl (C=O) groups is 1. The quantitative estimate of drug-likeness (QED) is 0.842. The van der Waals surface area contributed by atoms with Gasteiger partial charge in [0.2, 0.25) is 5.91 Å². The lowest BCUT2D eigenvalue weighted by molar-refractivity contribution is -0.134. The van der Waals surface area contributed by atoms with Crippen LogP contribution in [0.5, 0.6) is 5.75 Å². The largest absolute Gasteiger partial charge is 0.493 e. The summed E-state index contributed by atoms with van der Waals surface area (Å²) in [5.74, 6) is 0.725. The third kappa shape index (κ3) is 4.90. The number of amides is 1. The first kappa shape index (κ1) is 16.1. The highest BCUT2D eigenvalue weighted by Crippen LogP contribution is 2.24. The topological polar surface area (TPSA) is 49.8 Å². The number of halogens is 1. The Morgan fingerprint density at radius 2 is 2.14 bits per heavy atom. The first-order valence-electron chi connectivity index (χ1n) is 7.49.